The molecular weight excluding hydrogens is 240 g/mol. The average Bonchev–Trinajstić information content (AvgIpc) is 2.78. The van der Waals surface area contributed by atoms with Gasteiger partial charge >= 0.3 is 5.97 Å². The molecule has 1 aromatic rings. The Bertz CT molecular complexity index is 507. The van der Waals surface area contributed by atoms with Crippen LogP contribution in [0.25, 0.3) is 0 Å². The van der Waals surface area contributed by atoms with Crippen molar-refractivity contribution < 1.29 is 9.90 Å². The number of anilines is 2. The average molecular weight is 260 g/mol. The van der Waals surface area contributed by atoms with Gasteiger partial charge in [-0.3, -0.25) is 0 Å². The lowest BCUT2D eigenvalue weighted by molar-refractivity contribution is 0.0698. The number of hydrogen-bond acceptors (Lipinski definition) is 3. The highest BCUT2D eigenvalue weighted by Gasteiger charge is 2.37. The summed E-state index contributed by atoms with van der Waals surface area (Å²) in [7, 11) is 2.07. The predicted octanol–water partition coefficient (Wildman–Crippen LogP) is 2.81. The quantitative estimate of drug-likeness (QED) is 0.815. The highest BCUT2D eigenvalue weighted by atomic mass is 16.4. The zero-order valence-electron chi connectivity index (χ0n) is 11.3. The van der Waals surface area contributed by atoms with Crippen LogP contribution in [-0.2, 0) is 0 Å². The van der Waals surface area contributed by atoms with Crippen LogP contribution in [0.3, 0.4) is 0 Å². The summed E-state index contributed by atoms with van der Waals surface area (Å²) in [5.74, 6) is -0.861. The van der Waals surface area contributed by atoms with E-state index in [9.17, 15) is 9.90 Å². The first-order valence-electron chi connectivity index (χ1n) is 6.93. The van der Waals surface area contributed by atoms with Gasteiger partial charge in [0, 0.05) is 25.6 Å². The predicted molar refractivity (Wildman–Crippen MR) is 76.1 cm³/mol. The third kappa shape index (κ3) is 2.05. The number of fused-ring (bicyclic) bond motifs is 1. The van der Waals surface area contributed by atoms with Gasteiger partial charge in [0.1, 0.15) is 0 Å². The molecular formula is C15H20N2O2. The van der Waals surface area contributed by atoms with Crippen LogP contribution in [0, 0.1) is 5.41 Å². The molecule has 1 aliphatic carbocycles. The second kappa shape index (κ2) is 4.44. The Morgan fingerprint density at radius 2 is 2.11 bits per heavy atom. The molecule has 0 bridgehead atoms. The van der Waals surface area contributed by atoms with Gasteiger partial charge in [0.15, 0.2) is 0 Å². The minimum Gasteiger partial charge on any atom is -0.478 e. The van der Waals surface area contributed by atoms with Crippen LogP contribution in [0.1, 0.15) is 36.0 Å². The number of rotatable bonds is 1. The van der Waals surface area contributed by atoms with Crippen molar-refractivity contribution >= 4 is 17.3 Å². The molecule has 1 heterocycles. The van der Waals surface area contributed by atoms with E-state index in [0.29, 0.717) is 11.0 Å². The normalized spacial score (nSPS) is 20.8. The smallest absolute Gasteiger partial charge is 0.337 e. The maximum Gasteiger partial charge on any atom is 0.337 e. The Kier molecular flexibility index (Phi) is 2.88. The summed E-state index contributed by atoms with van der Waals surface area (Å²) in [6.07, 6.45) is 5.05. The molecule has 0 aromatic heterocycles. The maximum absolute atomic E-state index is 11.3. The molecule has 0 atom stereocenters. The monoisotopic (exact) mass is 260 g/mol. The van der Waals surface area contributed by atoms with Crippen molar-refractivity contribution in [2.75, 3.05) is 30.4 Å². The number of nitrogens with zero attached hydrogens (tertiary/aromatic N) is 1. The fourth-order valence-corrected chi connectivity index (χ4v) is 3.60. The first-order chi connectivity index (χ1) is 9.11. The van der Waals surface area contributed by atoms with Gasteiger partial charge in [-0.25, -0.2) is 4.79 Å². The van der Waals surface area contributed by atoms with Crippen molar-refractivity contribution in [1.82, 2.24) is 0 Å². The molecule has 0 radical (unpaired) electrons. The van der Waals surface area contributed by atoms with Crippen molar-refractivity contribution in [2.45, 2.75) is 25.7 Å². The largest absolute Gasteiger partial charge is 0.478 e. The fraction of sp³-hybridized carbons (Fsp3) is 0.533. The summed E-state index contributed by atoms with van der Waals surface area (Å²) < 4.78 is 0. The van der Waals surface area contributed by atoms with Crippen LogP contribution in [0.4, 0.5) is 11.4 Å². The first kappa shape index (κ1) is 12.3. The summed E-state index contributed by atoms with van der Waals surface area (Å²) in [5, 5.41) is 12.7. The van der Waals surface area contributed by atoms with Gasteiger partial charge in [0.25, 0.3) is 0 Å². The molecule has 1 aromatic carbocycles. The van der Waals surface area contributed by atoms with Crippen LogP contribution < -0.4 is 10.2 Å². The summed E-state index contributed by atoms with van der Waals surface area (Å²) in [4.78, 5) is 13.6. The van der Waals surface area contributed by atoms with Crippen LogP contribution in [-0.4, -0.2) is 31.2 Å². The zero-order valence-corrected chi connectivity index (χ0v) is 11.3. The van der Waals surface area contributed by atoms with Crippen molar-refractivity contribution in [3.05, 3.63) is 23.8 Å². The van der Waals surface area contributed by atoms with E-state index in [0.717, 1.165) is 24.5 Å². The molecule has 0 amide bonds. The van der Waals surface area contributed by atoms with Crippen LogP contribution in [0.15, 0.2) is 18.2 Å². The van der Waals surface area contributed by atoms with Gasteiger partial charge in [-0.15, -0.1) is 0 Å². The topological polar surface area (TPSA) is 52.6 Å². The van der Waals surface area contributed by atoms with Gasteiger partial charge in [-0.1, -0.05) is 18.9 Å². The number of aromatic carboxylic acids is 1. The standard InChI is InChI=1S/C15H20N2O2/c1-17-10-15(7-2-3-8-15)9-16-13-11(14(18)19)5-4-6-12(13)17/h4-6,16H,2-3,7-10H2,1H3,(H,18,19). The maximum atomic E-state index is 11.3. The second-order valence-corrected chi connectivity index (χ2v) is 5.92. The Hall–Kier alpha value is -1.71. The number of benzene rings is 1. The number of carboxylic acids is 1. The van der Waals surface area contributed by atoms with E-state index >= 15 is 0 Å². The molecule has 4 nitrogen and oxygen atoms in total. The van der Waals surface area contributed by atoms with Crippen LogP contribution in [0.2, 0.25) is 0 Å². The molecule has 3 rings (SSSR count). The minimum absolute atomic E-state index is 0.309. The molecule has 2 N–H and O–H groups in total. The first-order valence-corrected chi connectivity index (χ1v) is 6.93. The fourth-order valence-electron chi connectivity index (χ4n) is 3.60. The molecule has 102 valence electrons. The van der Waals surface area contributed by atoms with Gasteiger partial charge in [0.2, 0.25) is 0 Å². The summed E-state index contributed by atoms with van der Waals surface area (Å²) >= 11 is 0. The number of nitrogens with one attached hydrogen (secondary N) is 1. The number of hydrogen-bond donors (Lipinski definition) is 2. The van der Waals surface area contributed by atoms with E-state index in [-0.39, 0.29) is 0 Å². The van der Waals surface area contributed by atoms with Crippen molar-refractivity contribution in [2.24, 2.45) is 5.41 Å². The number of para-hydroxylation sites is 1. The highest BCUT2D eigenvalue weighted by Crippen LogP contribution is 2.43. The van der Waals surface area contributed by atoms with E-state index in [2.05, 4.69) is 17.3 Å². The number of carbonyl (C=O) groups is 1. The van der Waals surface area contributed by atoms with E-state index in [1.54, 1.807) is 6.07 Å². The molecule has 1 saturated carbocycles. The highest BCUT2D eigenvalue weighted by molar-refractivity contribution is 5.98. The molecule has 1 aliphatic heterocycles. The van der Waals surface area contributed by atoms with Crippen molar-refractivity contribution in [3.63, 3.8) is 0 Å². The van der Waals surface area contributed by atoms with E-state index in [4.69, 9.17) is 0 Å². The third-order valence-electron chi connectivity index (χ3n) is 4.56. The van der Waals surface area contributed by atoms with Crippen molar-refractivity contribution in [1.29, 1.82) is 0 Å². The van der Waals surface area contributed by atoms with Gasteiger partial charge < -0.3 is 15.3 Å². The van der Waals surface area contributed by atoms with Crippen LogP contribution >= 0.6 is 0 Å². The second-order valence-electron chi connectivity index (χ2n) is 5.92. The third-order valence-corrected chi connectivity index (χ3v) is 4.56. The number of carboxylic acid groups (broad SMARTS) is 1. The van der Waals surface area contributed by atoms with E-state index < -0.39 is 5.97 Å². The summed E-state index contributed by atoms with van der Waals surface area (Å²) in [5.41, 5.74) is 2.47. The Labute approximate surface area is 113 Å². The van der Waals surface area contributed by atoms with E-state index in [1.165, 1.54) is 25.7 Å². The molecule has 1 spiro atoms. The Balaban J connectivity index is 2.00. The SMILES string of the molecule is CN1CC2(CCCC2)CNc2c(C(=O)O)cccc21. The van der Waals surface area contributed by atoms with Gasteiger partial charge in [0.05, 0.1) is 16.9 Å². The lowest BCUT2D eigenvalue weighted by Crippen LogP contribution is -2.36. The van der Waals surface area contributed by atoms with Crippen molar-refractivity contribution in [3.8, 4) is 0 Å². The molecule has 2 aliphatic rings. The summed E-state index contributed by atoms with van der Waals surface area (Å²) in [6.45, 7) is 1.89. The summed E-state index contributed by atoms with van der Waals surface area (Å²) in [6, 6.07) is 5.50. The minimum atomic E-state index is -0.861. The lowest BCUT2D eigenvalue weighted by Gasteiger charge is -2.31. The molecule has 0 saturated heterocycles. The lowest BCUT2D eigenvalue weighted by atomic mass is 9.86. The van der Waals surface area contributed by atoms with E-state index in [1.807, 2.05) is 12.1 Å². The molecule has 19 heavy (non-hydrogen) atoms. The van der Waals surface area contributed by atoms with Gasteiger partial charge in [-0.2, -0.15) is 0 Å². The zero-order chi connectivity index (χ0) is 13.5. The Morgan fingerprint density at radius 3 is 2.79 bits per heavy atom. The molecule has 4 heteroatoms. The van der Waals surface area contributed by atoms with Crippen LogP contribution in [0.5, 0.6) is 0 Å². The molecule has 1 fully saturated rings. The van der Waals surface area contributed by atoms with Gasteiger partial charge in [-0.05, 0) is 25.0 Å². The Morgan fingerprint density at radius 1 is 1.37 bits per heavy atom. The molecule has 0 unspecified atom stereocenters.